The summed E-state index contributed by atoms with van der Waals surface area (Å²) in [6.45, 7) is 2.03. The number of thiophene rings is 1. The Kier molecular flexibility index (Phi) is 9.27. The number of hydrogen-bond acceptors (Lipinski definition) is 5. The maximum Gasteiger partial charge on any atom is 0.244 e. The minimum Gasteiger partial charge on any atom is -0.497 e. The second-order valence-electron chi connectivity index (χ2n) is 7.65. The van der Waals surface area contributed by atoms with Crippen LogP contribution in [-0.2, 0) is 11.2 Å². The number of carbonyl (C=O) groups is 1. The minimum absolute atomic E-state index is 0.0984. The lowest BCUT2D eigenvalue weighted by Gasteiger charge is -2.13. The van der Waals surface area contributed by atoms with Crippen molar-refractivity contribution in [1.29, 1.82) is 0 Å². The Labute approximate surface area is 199 Å². The highest BCUT2D eigenvalue weighted by Crippen LogP contribution is 2.35. The van der Waals surface area contributed by atoms with E-state index in [0.29, 0.717) is 5.75 Å². The van der Waals surface area contributed by atoms with Crippen molar-refractivity contribution in [2.45, 2.75) is 32.2 Å². The average molecular weight is 463 g/mol. The summed E-state index contributed by atoms with van der Waals surface area (Å²) in [5, 5.41) is 5.07. The van der Waals surface area contributed by atoms with Crippen LogP contribution in [0.15, 0.2) is 78.5 Å². The van der Waals surface area contributed by atoms with Crippen LogP contribution in [0.25, 0.3) is 5.57 Å². The van der Waals surface area contributed by atoms with E-state index < -0.39 is 0 Å². The number of nitrogens with zero attached hydrogens (tertiary/aromatic N) is 1. The Balaban J connectivity index is 1.64. The molecule has 3 rings (SSSR count). The van der Waals surface area contributed by atoms with Gasteiger partial charge in [-0.3, -0.25) is 9.78 Å². The van der Waals surface area contributed by atoms with Crippen LogP contribution < -0.4 is 14.8 Å². The Hall–Kier alpha value is -3.38. The molecule has 0 spiro atoms. The molecule has 1 atom stereocenters. The molecule has 3 aromatic rings. The van der Waals surface area contributed by atoms with Gasteiger partial charge in [0.15, 0.2) is 0 Å². The molecule has 0 radical (unpaired) electrons. The number of nitrogens with one attached hydrogen (secondary N) is 1. The molecule has 1 N–H and O–H groups in total. The smallest absolute Gasteiger partial charge is 0.244 e. The van der Waals surface area contributed by atoms with Gasteiger partial charge >= 0.3 is 0 Å². The maximum absolute atomic E-state index is 12.4. The Morgan fingerprint density at radius 1 is 1.18 bits per heavy atom. The van der Waals surface area contributed by atoms with Gasteiger partial charge in [0.25, 0.3) is 0 Å². The van der Waals surface area contributed by atoms with E-state index in [9.17, 15) is 4.79 Å². The molecular weight excluding hydrogens is 432 g/mol. The van der Waals surface area contributed by atoms with Crippen LogP contribution in [0.3, 0.4) is 0 Å². The second-order valence-corrected chi connectivity index (χ2v) is 8.59. The summed E-state index contributed by atoms with van der Waals surface area (Å²) in [7, 11) is 3.27. The largest absolute Gasteiger partial charge is 0.497 e. The van der Waals surface area contributed by atoms with Crippen molar-refractivity contribution in [3.05, 3.63) is 94.5 Å². The van der Waals surface area contributed by atoms with E-state index in [-0.39, 0.29) is 11.9 Å². The van der Waals surface area contributed by atoms with Gasteiger partial charge < -0.3 is 14.8 Å². The monoisotopic (exact) mass is 462 g/mol. The fraction of sp³-hybridized carbons (Fsp3) is 0.259. The third-order valence-electron chi connectivity index (χ3n) is 5.21. The summed E-state index contributed by atoms with van der Waals surface area (Å²) >= 11 is 1.64. The first-order valence-corrected chi connectivity index (χ1v) is 11.8. The number of allylic oxidation sites excluding steroid dienone is 2. The molecule has 6 heteroatoms. The van der Waals surface area contributed by atoms with E-state index >= 15 is 0 Å². The number of ether oxygens (including phenoxy) is 2. The number of pyridine rings is 1. The van der Waals surface area contributed by atoms with E-state index in [1.165, 1.54) is 5.56 Å². The number of benzene rings is 1. The van der Waals surface area contributed by atoms with Crippen LogP contribution in [0.2, 0.25) is 0 Å². The zero-order valence-corrected chi connectivity index (χ0v) is 20.1. The number of amides is 1. The lowest BCUT2D eigenvalue weighted by Crippen LogP contribution is -2.31. The Morgan fingerprint density at radius 2 is 2.06 bits per heavy atom. The van der Waals surface area contributed by atoms with Crippen LogP contribution in [0.1, 0.15) is 35.8 Å². The predicted octanol–water partition coefficient (Wildman–Crippen LogP) is 5.68. The molecule has 2 aromatic heterocycles. The number of aromatic nitrogens is 1. The fourth-order valence-corrected chi connectivity index (χ4v) is 4.28. The molecule has 0 aliphatic heterocycles. The predicted molar refractivity (Wildman–Crippen MR) is 135 cm³/mol. The Bertz CT molecular complexity index is 1080. The first-order chi connectivity index (χ1) is 16.1. The first-order valence-electron chi connectivity index (χ1n) is 10.9. The van der Waals surface area contributed by atoms with Gasteiger partial charge in [0, 0.05) is 46.6 Å². The second kappa shape index (κ2) is 12.6. The molecule has 0 bridgehead atoms. The van der Waals surface area contributed by atoms with Crippen LogP contribution >= 0.6 is 11.3 Å². The van der Waals surface area contributed by atoms with Gasteiger partial charge in [-0.05, 0) is 61.4 Å². The average Bonchev–Trinajstić information content (AvgIpc) is 3.37. The van der Waals surface area contributed by atoms with Crippen molar-refractivity contribution in [3.8, 4) is 11.5 Å². The van der Waals surface area contributed by atoms with Gasteiger partial charge in [-0.2, -0.15) is 0 Å². The van der Waals surface area contributed by atoms with Crippen molar-refractivity contribution in [2.75, 3.05) is 14.2 Å². The van der Waals surface area contributed by atoms with Crippen molar-refractivity contribution >= 4 is 22.8 Å². The normalized spacial score (nSPS) is 12.5. The lowest BCUT2D eigenvalue weighted by molar-refractivity contribution is -0.117. The first kappa shape index (κ1) is 24.3. The minimum atomic E-state index is -0.104. The molecule has 1 aromatic carbocycles. The molecule has 1 amide bonds. The maximum atomic E-state index is 12.4. The highest BCUT2D eigenvalue weighted by Gasteiger charge is 2.12. The number of hydrogen-bond donors (Lipinski definition) is 1. The van der Waals surface area contributed by atoms with E-state index in [0.717, 1.165) is 41.0 Å². The topological polar surface area (TPSA) is 60.5 Å². The number of carbonyl (C=O) groups excluding carboxylic acids is 1. The number of rotatable bonds is 11. The van der Waals surface area contributed by atoms with Gasteiger partial charge in [-0.1, -0.05) is 24.3 Å². The highest BCUT2D eigenvalue weighted by atomic mass is 32.1. The standard InChI is InChI=1S/C27H30N2O3S/c1-20(8-4-9-21-10-6-16-28-19-21)29-27(30)13-5-11-24(26-12-7-17-33-26)23-15-14-22(31-2)18-25(23)32-3/h5-7,10-20H,4,8-9H2,1-3H3,(H,29,30)/t20-/m1/s1. The molecule has 0 aliphatic rings. The third kappa shape index (κ3) is 7.32. The van der Waals surface area contributed by atoms with Gasteiger partial charge in [0.05, 0.1) is 14.2 Å². The molecule has 0 unspecified atom stereocenters. The van der Waals surface area contributed by atoms with E-state index in [1.807, 2.05) is 54.9 Å². The lowest BCUT2D eigenvalue weighted by atomic mass is 10.0. The molecule has 0 saturated carbocycles. The fourth-order valence-electron chi connectivity index (χ4n) is 3.51. The molecule has 2 heterocycles. The number of aryl methyl sites for hydroxylation is 1. The quantitative estimate of drug-likeness (QED) is 0.294. The van der Waals surface area contributed by atoms with Gasteiger partial charge in [0.2, 0.25) is 5.91 Å². The van der Waals surface area contributed by atoms with E-state index in [2.05, 4.69) is 22.4 Å². The van der Waals surface area contributed by atoms with Crippen LogP contribution in [-0.4, -0.2) is 31.2 Å². The van der Waals surface area contributed by atoms with Crippen molar-refractivity contribution < 1.29 is 14.3 Å². The van der Waals surface area contributed by atoms with Crippen LogP contribution in [0.4, 0.5) is 0 Å². The molecule has 33 heavy (non-hydrogen) atoms. The summed E-state index contributed by atoms with van der Waals surface area (Å²) in [5.41, 5.74) is 3.14. The summed E-state index contributed by atoms with van der Waals surface area (Å²) in [6.07, 6.45) is 11.8. The summed E-state index contributed by atoms with van der Waals surface area (Å²) in [4.78, 5) is 17.7. The van der Waals surface area contributed by atoms with Gasteiger partial charge in [-0.25, -0.2) is 0 Å². The molecule has 172 valence electrons. The SMILES string of the molecule is COc1ccc(C(=CC=CC(=O)N[C@H](C)CCCc2cccnc2)c2cccs2)c(OC)c1. The molecule has 0 fully saturated rings. The summed E-state index contributed by atoms with van der Waals surface area (Å²) < 4.78 is 10.9. The van der Waals surface area contributed by atoms with Crippen molar-refractivity contribution in [1.82, 2.24) is 10.3 Å². The summed E-state index contributed by atoms with van der Waals surface area (Å²) in [5.74, 6) is 1.34. The molecule has 5 nitrogen and oxygen atoms in total. The van der Waals surface area contributed by atoms with Gasteiger partial charge in [0.1, 0.15) is 11.5 Å². The van der Waals surface area contributed by atoms with E-state index in [1.54, 1.807) is 43.9 Å². The van der Waals surface area contributed by atoms with Crippen LogP contribution in [0.5, 0.6) is 11.5 Å². The zero-order chi connectivity index (χ0) is 23.5. The molecule has 0 aliphatic carbocycles. The van der Waals surface area contributed by atoms with E-state index in [4.69, 9.17) is 9.47 Å². The Morgan fingerprint density at radius 3 is 2.76 bits per heavy atom. The van der Waals surface area contributed by atoms with Crippen LogP contribution in [0, 0.1) is 0 Å². The molecular formula is C27H30N2O3S. The molecule has 0 saturated heterocycles. The summed E-state index contributed by atoms with van der Waals surface area (Å²) in [6, 6.07) is 13.9. The van der Waals surface area contributed by atoms with Gasteiger partial charge in [-0.15, -0.1) is 11.3 Å². The van der Waals surface area contributed by atoms with Crippen molar-refractivity contribution in [3.63, 3.8) is 0 Å². The number of methoxy groups -OCH3 is 2. The van der Waals surface area contributed by atoms with Crippen molar-refractivity contribution in [2.24, 2.45) is 0 Å². The highest BCUT2D eigenvalue weighted by molar-refractivity contribution is 7.11. The zero-order valence-electron chi connectivity index (χ0n) is 19.3. The third-order valence-corrected chi connectivity index (χ3v) is 6.11.